The van der Waals surface area contributed by atoms with Gasteiger partial charge in [0.25, 0.3) is 0 Å². The lowest BCUT2D eigenvalue weighted by Crippen LogP contribution is -2.22. The van der Waals surface area contributed by atoms with Crippen molar-refractivity contribution in [2.45, 2.75) is 12.5 Å². The van der Waals surface area contributed by atoms with Crippen molar-refractivity contribution in [2.75, 3.05) is 33.9 Å². The van der Waals surface area contributed by atoms with Crippen LogP contribution in [0.15, 0.2) is 0 Å². The average molecular weight is 187 g/mol. The van der Waals surface area contributed by atoms with Gasteiger partial charge in [0.05, 0.1) is 19.3 Å². The van der Waals surface area contributed by atoms with Gasteiger partial charge in [-0.3, -0.25) is 9.63 Å². The second-order valence-electron chi connectivity index (χ2n) is 3.37. The highest BCUT2D eigenvalue weighted by Gasteiger charge is 2.29. The molecule has 0 aliphatic carbocycles. The SMILES string of the molecule is C1CC2CNCN2O1.CN(C)C=O. The summed E-state index contributed by atoms with van der Waals surface area (Å²) in [4.78, 5) is 16.1. The molecule has 0 saturated carbocycles. The Hall–Kier alpha value is -0.650. The summed E-state index contributed by atoms with van der Waals surface area (Å²) in [5.74, 6) is 0. The summed E-state index contributed by atoms with van der Waals surface area (Å²) >= 11 is 0. The lowest BCUT2D eigenvalue weighted by molar-refractivity contribution is -0.115. The zero-order valence-electron chi connectivity index (χ0n) is 8.19. The molecule has 2 rings (SSSR count). The van der Waals surface area contributed by atoms with E-state index in [1.54, 1.807) is 14.1 Å². The maximum absolute atomic E-state index is 9.43. The van der Waals surface area contributed by atoms with E-state index >= 15 is 0 Å². The monoisotopic (exact) mass is 187 g/mol. The molecule has 2 aliphatic rings. The second-order valence-corrected chi connectivity index (χ2v) is 3.37. The third-order valence-electron chi connectivity index (χ3n) is 1.97. The first-order valence-electron chi connectivity index (χ1n) is 4.46. The molecule has 0 bridgehead atoms. The van der Waals surface area contributed by atoms with E-state index in [-0.39, 0.29) is 0 Å². The van der Waals surface area contributed by atoms with Crippen LogP contribution in [0.1, 0.15) is 6.42 Å². The highest BCUT2D eigenvalue weighted by atomic mass is 16.7. The smallest absolute Gasteiger partial charge is 0.209 e. The van der Waals surface area contributed by atoms with E-state index in [1.807, 2.05) is 5.06 Å². The van der Waals surface area contributed by atoms with Crippen LogP contribution in [0.4, 0.5) is 0 Å². The molecule has 13 heavy (non-hydrogen) atoms. The van der Waals surface area contributed by atoms with Crippen molar-refractivity contribution in [3.8, 4) is 0 Å². The molecule has 1 amide bonds. The molecule has 2 aliphatic heterocycles. The number of amides is 1. The molecule has 2 saturated heterocycles. The van der Waals surface area contributed by atoms with Gasteiger partial charge in [0, 0.05) is 20.6 Å². The number of hydrogen-bond acceptors (Lipinski definition) is 4. The van der Waals surface area contributed by atoms with Gasteiger partial charge in [-0.1, -0.05) is 0 Å². The first-order chi connectivity index (χ1) is 6.24. The van der Waals surface area contributed by atoms with Gasteiger partial charge in [0.1, 0.15) is 0 Å². The average Bonchev–Trinajstić information content (AvgIpc) is 2.64. The van der Waals surface area contributed by atoms with Crippen LogP contribution in [-0.4, -0.2) is 56.3 Å². The molecule has 5 nitrogen and oxygen atoms in total. The van der Waals surface area contributed by atoms with E-state index in [0.717, 1.165) is 26.2 Å². The summed E-state index contributed by atoms with van der Waals surface area (Å²) in [6.45, 7) is 2.96. The van der Waals surface area contributed by atoms with Crippen molar-refractivity contribution >= 4 is 6.41 Å². The van der Waals surface area contributed by atoms with Crippen LogP contribution in [0, 0.1) is 0 Å². The molecule has 5 heteroatoms. The maximum atomic E-state index is 9.43. The molecule has 1 atom stereocenters. The first-order valence-corrected chi connectivity index (χ1v) is 4.46. The van der Waals surface area contributed by atoms with Crippen molar-refractivity contribution in [1.29, 1.82) is 0 Å². The van der Waals surface area contributed by atoms with Gasteiger partial charge in [-0.15, -0.1) is 0 Å². The van der Waals surface area contributed by atoms with Gasteiger partial charge in [0.15, 0.2) is 0 Å². The summed E-state index contributed by atoms with van der Waals surface area (Å²) in [7, 11) is 3.38. The van der Waals surface area contributed by atoms with Crippen molar-refractivity contribution in [3.63, 3.8) is 0 Å². The van der Waals surface area contributed by atoms with E-state index in [1.165, 1.54) is 11.3 Å². The molecule has 0 radical (unpaired) electrons. The predicted octanol–water partition coefficient (Wildman–Crippen LogP) is -0.743. The van der Waals surface area contributed by atoms with Gasteiger partial charge in [0.2, 0.25) is 6.41 Å². The van der Waals surface area contributed by atoms with E-state index < -0.39 is 0 Å². The zero-order chi connectivity index (χ0) is 9.68. The third-order valence-corrected chi connectivity index (χ3v) is 1.97. The van der Waals surface area contributed by atoms with Crippen LogP contribution in [-0.2, 0) is 9.63 Å². The first kappa shape index (κ1) is 10.4. The molecule has 2 fully saturated rings. The number of hydrogen-bond donors (Lipinski definition) is 1. The van der Waals surface area contributed by atoms with E-state index in [0.29, 0.717) is 6.04 Å². The predicted molar refractivity (Wildman–Crippen MR) is 48.8 cm³/mol. The number of nitrogens with one attached hydrogen (secondary N) is 1. The molecule has 0 aromatic carbocycles. The summed E-state index contributed by atoms with van der Waals surface area (Å²) in [5.41, 5.74) is 0. The van der Waals surface area contributed by atoms with Crippen LogP contribution >= 0.6 is 0 Å². The fourth-order valence-electron chi connectivity index (χ4n) is 1.28. The summed E-state index contributed by atoms with van der Waals surface area (Å²) in [5, 5.41) is 5.25. The van der Waals surface area contributed by atoms with Crippen molar-refractivity contribution in [1.82, 2.24) is 15.3 Å². The number of hydroxylamine groups is 2. The van der Waals surface area contributed by atoms with Gasteiger partial charge in [-0.2, -0.15) is 5.06 Å². The van der Waals surface area contributed by atoms with Crippen LogP contribution in [0.25, 0.3) is 0 Å². The molecular weight excluding hydrogens is 170 g/mol. The van der Waals surface area contributed by atoms with Crippen LogP contribution in [0.3, 0.4) is 0 Å². The Kier molecular flexibility index (Phi) is 4.14. The van der Waals surface area contributed by atoms with Gasteiger partial charge in [-0.05, 0) is 6.42 Å². The Morgan fingerprint density at radius 3 is 2.85 bits per heavy atom. The minimum atomic E-state index is 0.676. The highest BCUT2D eigenvalue weighted by molar-refractivity contribution is 5.45. The van der Waals surface area contributed by atoms with Crippen LogP contribution < -0.4 is 5.32 Å². The zero-order valence-corrected chi connectivity index (χ0v) is 8.19. The minimum Gasteiger partial charge on any atom is -0.351 e. The third kappa shape index (κ3) is 3.30. The lowest BCUT2D eigenvalue weighted by Gasteiger charge is -2.08. The van der Waals surface area contributed by atoms with Crippen molar-refractivity contribution in [2.24, 2.45) is 0 Å². The topological polar surface area (TPSA) is 44.8 Å². The number of fused-ring (bicyclic) bond motifs is 1. The molecule has 1 unspecified atom stereocenters. The Morgan fingerprint density at radius 1 is 1.62 bits per heavy atom. The Bertz CT molecular complexity index is 143. The number of rotatable bonds is 1. The fraction of sp³-hybridized carbons (Fsp3) is 0.875. The molecule has 1 N–H and O–H groups in total. The van der Waals surface area contributed by atoms with Crippen molar-refractivity contribution in [3.05, 3.63) is 0 Å². The Morgan fingerprint density at radius 2 is 2.31 bits per heavy atom. The summed E-state index contributed by atoms with van der Waals surface area (Å²) < 4.78 is 0. The number of nitrogens with zero attached hydrogens (tertiary/aromatic N) is 2. The maximum Gasteiger partial charge on any atom is 0.209 e. The Balaban J connectivity index is 0.000000149. The minimum absolute atomic E-state index is 0.676. The molecule has 0 aromatic rings. The lowest BCUT2D eigenvalue weighted by atomic mass is 10.2. The molecule has 2 heterocycles. The Labute approximate surface area is 78.6 Å². The fourth-order valence-corrected chi connectivity index (χ4v) is 1.28. The standard InChI is InChI=1S/C5H10N2O.C3H7NO/c1-2-8-7-4-6-3-5(1)7;1-4(2)3-5/h5-6H,1-4H2;3H,1-2H3. The quantitative estimate of drug-likeness (QED) is 0.549. The van der Waals surface area contributed by atoms with Crippen molar-refractivity contribution < 1.29 is 9.63 Å². The van der Waals surface area contributed by atoms with Gasteiger partial charge in [-0.25, -0.2) is 0 Å². The summed E-state index contributed by atoms with van der Waals surface area (Å²) in [6, 6.07) is 0.676. The van der Waals surface area contributed by atoms with Crippen LogP contribution in [0.5, 0.6) is 0 Å². The molecule has 0 aromatic heterocycles. The molecule has 76 valence electrons. The second kappa shape index (κ2) is 5.16. The van der Waals surface area contributed by atoms with E-state index in [2.05, 4.69) is 5.32 Å². The normalized spacial score (nSPS) is 26.2. The van der Waals surface area contributed by atoms with Gasteiger partial charge < -0.3 is 10.2 Å². The summed E-state index contributed by atoms with van der Waals surface area (Å²) in [6.07, 6.45) is 1.95. The molecular formula is C8H17N3O2. The largest absolute Gasteiger partial charge is 0.351 e. The number of carbonyl (C=O) groups is 1. The highest BCUT2D eigenvalue weighted by Crippen LogP contribution is 2.15. The number of carbonyl (C=O) groups excluding carboxylic acids is 1. The molecule has 0 spiro atoms. The van der Waals surface area contributed by atoms with E-state index in [9.17, 15) is 4.79 Å². The van der Waals surface area contributed by atoms with Gasteiger partial charge >= 0.3 is 0 Å². The van der Waals surface area contributed by atoms with E-state index in [4.69, 9.17) is 4.84 Å². The van der Waals surface area contributed by atoms with Crippen LogP contribution in [0.2, 0.25) is 0 Å².